The largest absolute Gasteiger partial charge is 0.378 e. The fourth-order valence-electron chi connectivity index (χ4n) is 2.00. The third-order valence-corrected chi connectivity index (χ3v) is 3.93. The molecule has 1 aromatic heterocycles. The van der Waals surface area contributed by atoms with Gasteiger partial charge < -0.3 is 5.32 Å². The molecular formula is C11H14BrN3O2. The van der Waals surface area contributed by atoms with E-state index in [1.807, 2.05) is 0 Å². The summed E-state index contributed by atoms with van der Waals surface area (Å²) in [6.07, 6.45) is 6.44. The van der Waals surface area contributed by atoms with Crippen LogP contribution in [0.15, 0.2) is 16.9 Å². The van der Waals surface area contributed by atoms with Crippen molar-refractivity contribution in [1.29, 1.82) is 0 Å². The molecule has 0 aromatic carbocycles. The van der Waals surface area contributed by atoms with Gasteiger partial charge in [-0.05, 0) is 34.2 Å². The fraction of sp³-hybridized carbons (Fsp3) is 0.545. The van der Waals surface area contributed by atoms with Gasteiger partial charge in [0.2, 0.25) is 0 Å². The van der Waals surface area contributed by atoms with Crippen molar-refractivity contribution < 1.29 is 4.92 Å². The zero-order valence-corrected chi connectivity index (χ0v) is 11.2. The molecule has 0 saturated heterocycles. The van der Waals surface area contributed by atoms with Crippen molar-refractivity contribution >= 4 is 27.3 Å². The quantitative estimate of drug-likeness (QED) is 0.684. The number of rotatable bonds is 4. The highest BCUT2D eigenvalue weighted by atomic mass is 79.9. The van der Waals surface area contributed by atoms with Crippen LogP contribution in [0.25, 0.3) is 0 Å². The number of halogens is 1. The van der Waals surface area contributed by atoms with E-state index in [1.54, 1.807) is 6.20 Å². The Kier molecular flexibility index (Phi) is 3.33. The molecule has 92 valence electrons. The molecule has 5 nitrogen and oxygen atoms in total. The SMILES string of the molecule is CC1(CNc2c(Br)cncc2[N+](=O)[O-])CCC1. The third-order valence-electron chi connectivity index (χ3n) is 3.33. The zero-order chi connectivity index (χ0) is 12.5. The molecule has 0 aliphatic heterocycles. The predicted molar refractivity (Wildman–Crippen MR) is 69.0 cm³/mol. The van der Waals surface area contributed by atoms with Crippen LogP contribution in [-0.4, -0.2) is 16.5 Å². The summed E-state index contributed by atoms with van der Waals surface area (Å²) in [4.78, 5) is 14.3. The molecule has 1 heterocycles. The fourth-order valence-corrected chi connectivity index (χ4v) is 2.46. The van der Waals surface area contributed by atoms with Crippen molar-refractivity contribution in [3.63, 3.8) is 0 Å². The second-order valence-electron chi connectivity index (χ2n) is 4.79. The van der Waals surface area contributed by atoms with Crippen molar-refractivity contribution in [2.75, 3.05) is 11.9 Å². The van der Waals surface area contributed by atoms with Gasteiger partial charge in [-0.1, -0.05) is 13.3 Å². The summed E-state index contributed by atoms with van der Waals surface area (Å²) in [5.74, 6) is 0. The van der Waals surface area contributed by atoms with Crippen LogP contribution in [0.3, 0.4) is 0 Å². The lowest BCUT2D eigenvalue weighted by molar-refractivity contribution is -0.384. The van der Waals surface area contributed by atoms with Gasteiger partial charge in [0.1, 0.15) is 11.9 Å². The molecule has 0 bridgehead atoms. The number of nitrogens with one attached hydrogen (secondary N) is 1. The lowest BCUT2D eigenvalue weighted by atomic mass is 9.70. The molecule has 0 spiro atoms. The van der Waals surface area contributed by atoms with Crippen LogP contribution >= 0.6 is 15.9 Å². The number of hydrogen-bond donors (Lipinski definition) is 1. The zero-order valence-electron chi connectivity index (χ0n) is 9.57. The van der Waals surface area contributed by atoms with E-state index in [0.29, 0.717) is 10.2 Å². The minimum absolute atomic E-state index is 0.0160. The highest BCUT2D eigenvalue weighted by Gasteiger charge is 2.32. The second kappa shape index (κ2) is 4.60. The normalized spacial score (nSPS) is 17.3. The predicted octanol–water partition coefficient (Wildman–Crippen LogP) is 3.35. The Morgan fingerprint density at radius 3 is 2.82 bits per heavy atom. The molecule has 1 aromatic rings. The first-order chi connectivity index (χ1) is 8.02. The molecule has 0 atom stereocenters. The van der Waals surface area contributed by atoms with E-state index in [0.717, 1.165) is 6.54 Å². The molecule has 0 unspecified atom stereocenters. The van der Waals surface area contributed by atoms with Crippen LogP contribution in [0.2, 0.25) is 0 Å². The van der Waals surface area contributed by atoms with Crippen molar-refractivity contribution in [3.05, 3.63) is 27.0 Å². The molecule has 1 N–H and O–H groups in total. The summed E-state index contributed by atoms with van der Waals surface area (Å²) in [7, 11) is 0. The maximum Gasteiger partial charge on any atom is 0.311 e. The van der Waals surface area contributed by atoms with E-state index < -0.39 is 4.92 Å². The van der Waals surface area contributed by atoms with Crippen molar-refractivity contribution in [1.82, 2.24) is 4.98 Å². The molecule has 2 rings (SSSR count). The Hall–Kier alpha value is -1.17. The van der Waals surface area contributed by atoms with E-state index >= 15 is 0 Å². The number of aromatic nitrogens is 1. The number of pyridine rings is 1. The van der Waals surface area contributed by atoms with Gasteiger partial charge in [0, 0.05) is 12.7 Å². The van der Waals surface area contributed by atoms with E-state index in [9.17, 15) is 10.1 Å². The summed E-state index contributed by atoms with van der Waals surface area (Å²) in [5, 5.41) is 14.1. The topological polar surface area (TPSA) is 68.1 Å². The van der Waals surface area contributed by atoms with Gasteiger partial charge in [0.05, 0.1) is 9.40 Å². The number of anilines is 1. The smallest absolute Gasteiger partial charge is 0.311 e. The van der Waals surface area contributed by atoms with Crippen molar-refractivity contribution in [2.45, 2.75) is 26.2 Å². The van der Waals surface area contributed by atoms with Crippen molar-refractivity contribution in [2.24, 2.45) is 5.41 Å². The average Bonchev–Trinajstić information content (AvgIpc) is 2.24. The van der Waals surface area contributed by atoms with Gasteiger partial charge in [0.15, 0.2) is 0 Å². The van der Waals surface area contributed by atoms with Crippen molar-refractivity contribution in [3.8, 4) is 0 Å². The molecule has 0 amide bonds. The molecule has 1 saturated carbocycles. The Labute approximate surface area is 108 Å². The minimum Gasteiger partial charge on any atom is -0.378 e. The number of nitro groups is 1. The first kappa shape index (κ1) is 12.3. The summed E-state index contributed by atoms with van der Waals surface area (Å²) >= 11 is 3.29. The molecule has 0 radical (unpaired) electrons. The number of hydrogen-bond acceptors (Lipinski definition) is 4. The summed E-state index contributed by atoms with van der Waals surface area (Å²) in [6, 6.07) is 0. The van der Waals surface area contributed by atoms with Gasteiger partial charge in [-0.3, -0.25) is 15.1 Å². The highest BCUT2D eigenvalue weighted by Crippen LogP contribution is 2.41. The van der Waals surface area contributed by atoms with Crippen LogP contribution in [0.4, 0.5) is 11.4 Å². The lowest BCUT2D eigenvalue weighted by Gasteiger charge is -2.38. The van der Waals surface area contributed by atoms with Gasteiger partial charge in [-0.2, -0.15) is 0 Å². The standard InChI is InChI=1S/C11H14BrN3O2/c1-11(3-2-4-11)7-14-10-8(12)5-13-6-9(10)15(16)17/h5-6H,2-4,7H2,1H3,(H,13,14). The van der Waals surface area contributed by atoms with E-state index in [-0.39, 0.29) is 11.1 Å². The van der Waals surface area contributed by atoms with Crippen LogP contribution in [0.1, 0.15) is 26.2 Å². The van der Waals surface area contributed by atoms with Gasteiger partial charge >= 0.3 is 5.69 Å². The van der Waals surface area contributed by atoms with Gasteiger partial charge in [-0.25, -0.2) is 0 Å². The summed E-state index contributed by atoms with van der Waals surface area (Å²) in [5.41, 5.74) is 0.816. The molecular weight excluding hydrogens is 286 g/mol. The average molecular weight is 300 g/mol. The molecule has 6 heteroatoms. The summed E-state index contributed by atoms with van der Waals surface area (Å²) < 4.78 is 0.634. The monoisotopic (exact) mass is 299 g/mol. The Morgan fingerprint density at radius 1 is 1.59 bits per heavy atom. The Morgan fingerprint density at radius 2 is 2.29 bits per heavy atom. The Bertz CT molecular complexity index is 446. The second-order valence-corrected chi connectivity index (χ2v) is 5.64. The van der Waals surface area contributed by atoms with Crippen LogP contribution in [0.5, 0.6) is 0 Å². The van der Waals surface area contributed by atoms with E-state index in [4.69, 9.17) is 0 Å². The maximum atomic E-state index is 10.9. The Balaban J connectivity index is 2.16. The van der Waals surface area contributed by atoms with Crippen LogP contribution < -0.4 is 5.32 Å². The van der Waals surface area contributed by atoms with E-state index in [1.165, 1.54) is 25.5 Å². The first-order valence-corrected chi connectivity index (χ1v) is 6.33. The third kappa shape index (κ3) is 2.57. The molecule has 1 aliphatic carbocycles. The lowest BCUT2D eigenvalue weighted by Crippen LogP contribution is -2.33. The molecule has 1 fully saturated rings. The van der Waals surface area contributed by atoms with E-state index in [2.05, 4.69) is 33.2 Å². The minimum atomic E-state index is -0.413. The summed E-state index contributed by atoms with van der Waals surface area (Å²) in [6.45, 7) is 2.96. The first-order valence-electron chi connectivity index (χ1n) is 5.54. The highest BCUT2D eigenvalue weighted by molar-refractivity contribution is 9.10. The molecule has 17 heavy (non-hydrogen) atoms. The van der Waals surface area contributed by atoms with Crippen LogP contribution in [-0.2, 0) is 0 Å². The van der Waals surface area contributed by atoms with Crippen LogP contribution in [0, 0.1) is 15.5 Å². The van der Waals surface area contributed by atoms with Gasteiger partial charge in [0.25, 0.3) is 0 Å². The maximum absolute atomic E-state index is 10.9. The van der Waals surface area contributed by atoms with Gasteiger partial charge in [-0.15, -0.1) is 0 Å². The number of nitrogens with zero attached hydrogens (tertiary/aromatic N) is 2. The molecule has 1 aliphatic rings.